The van der Waals surface area contributed by atoms with E-state index in [9.17, 15) is 4.79 Å². The van der Waals surface area contributed by atoms with Crippen LogP contribution in [0.5, 0.6) is 11.5 Å². The first kappa shape index (κ1) is 26.9. The van der Waals surface area contributed by atoms with Crippen LogP contribution >= 0.6 is 23.4 Å². The van der Waals surface area contributed by atoms with Crippen LogP contribution in [0.3, 0.4) is 0 Å². The summed E-state index contributed by atoms with van der Waals surface area (Å²) in [5.41, 5.74) is 2.96. The van der Waals surface area contributed by atoms with Crippen molar-refractivity contribution in [3.05, 3.63) is 69.9 Å². The number of benzene rings is 2. The number of nitrogens with one attached hydrogen (secondary N) is 1. The van der Waals surface area contributed by atoms with E-state index in [1.165, 1.54) is 11.8 Å². The third-order valence-electron chi connectivity index (χ3n) is 5.65. The van der Waals surface area contributed by atoms with Crippen molar-refractivity contribution < 1.29 is 19.0 Å². The molecule has 0 saturated carbocycles. The third kappa shape index (κ3) is 6.22. The summed E-state index contributed by atoms with van der Waals surface area (Å²) in [5.74, 6) is 2.21. The normalized spacial score (nSPS) is 14.7. The molecular weight excluding hydrogens is 512 g/mol. The van der Waals surface area contributed by atoms with E-state index in [1.807, 2.05) is 70.2 Å². The average molecular weight is 543 g/mol. The maximum absolute atomic E-state index is 13.2. The number of ether oxygens (including phenoxy) is 3. The molecule has 3 aromatic rings. The molecule has 37 heavy (non-hydrogen) atoms. The van der Waals surface area contributed by atoms with Gasteiger partial charge in [0, 0.05) is 10.7 Å². The number of esters is 1. The maximum atomic E-state index is 13.2. The molecule has 0 aliphatic carbocycles. The number of halogens is 1. The summed E-state index contributed by atoms with van der Waals surface area (Å²) in [6.07, 6.45) is 0.732. The van der Waals surface area contributed by atoms with Crippen molar-refractivity contribution in [3.63, 3.8) is 0 Å². The van der Waals surface area contributed by atoms with Gasteiger partial charge in [-0.3, -0.25) is 0 Å². The van der Waals surface area contributed by atoms with E-state index >= 15 is 0 Å². The van der Waals surface area contributed by atoms with E-state index in [-0.39, 0.29) is 5.97 Å². The summed E-state index contributed by atoms with van der Waals surface area (Å²) in [5, 5.41) is 9.25. The number of thioether (sulfide) groups is 1. The number of carbonyl (C=O) groups excluding carboxylic acids is 1. The van der Waals surface area contributed by atoms with Crippen molar-refractivity contribution in [3.8, 4) is 11.5 Å². The van der Waals surface area contributed by atoms with Gasteiger partial charge in [0.25, 0.3) is 0 Å². The molecule has 0 saturated heterocycles. The van der Waals surface area contributed by atoms with E-state index < -0.39 is 6.04 Å². The third-order valence-corrected chi connectivity index (χ3v) is 6.63. The molecule has 1 aliphatic heterocycles. The van der Waals surface area contributed by atoms with Crippen molar-refractivity contribution in [1.29, 1.82) is 0 Å². The molecule has 0 radical (unpaired) electrons. The Morgan fingerprint density at radius 2 is 1.89 bits per heavy atom. The molecule has 1 aromatic heterocycles. The van der Waals surface area contributed by atoms with E-state index in [4.69, 9.17) is 30.9 Å². The Kier molecular flexibility index (Phi) is 9.00. The van der Waals surface area contributed by atoms with Gasteiger partial charge in [-0.1, -0.05) is 55.4 Å². The minimum absolute atomic E-state index is 0.338. The lowest BCUT2D eigenvalue weighted by Crippen LogP contribution is -2.29. The van der Waals surface area contributed by atoms with Gasteiger partial charge in [0.05, 0.1) is 18.8 Å². The smallest absolute Gasteiger partial charge is 0.338 e. The van der Waals surface area contributed by atoms with Gasteiger partial charge in [-0.05, 0) is 61.4 Å². The Morgan fingerprint density at radius 3 is 2.59 bits per heavy atom. The fraction of sp³-hybridized carbons (Fsp3) is 0.370. The Labute approximate surface area is 226 Å². The number of anilines is 1. The first-order valence-electron chi connectivity index (χ1n) is 12.3. The number of hydrogen-bond donors (Lipinski definition) is 1. The van der Waals surface area contributed by atoms with Gasteiger partial charge >= 0.3 is 5.97 Å². The number of carbonyl (C=O) groups is 1. The summed E-state index contributed by atoms with van der Waals surface area (Å²) >= 11 is 7.54. The fourth-order valence-electron chi connectivity index (χ4n) is 3.99. The predicted molar refractivity (Wildman–Crippen MR) is 146 cm³/mol. The standard InChI is InChI=1S/C27H31ClN4O4S/c1-5-14-35-25(33)23-17(4)29-26-30-27(37-7-3)31-32(26)24(23)19-10-13-21(22(15-19)34-6-2)36-16-18-8-11-20(28)12-9-18/h8-13,15,24H,5-7,14,16H2,1-4H3,(H,29,30,31). The molecule has 1 aliphatic rings. The zero-order valence-corrected chi connectivity index (χ0v) is 23.0. The Hall–Kier alpha value is -3.17. The van der Waals surface area contributed by atoms with E-state index in [0.29, 0.717) is 58.7 Å². The largest absolute Gasteiger partial charge is 0.490 e. The van der Waals surface area contributed by atoms with Gasteiger partial charge in [0.15, 0.2) is 11.5 Å². The Bertz CT molecular complexity index is 1280. The van der Waals surface area contributed by atoms with Crippen LogP contribution in [0, 0.1) is 0 Å². The summed E-state index contributed by atoms with van der Waals surface area (Å²) in [6.45, 7) is 8.94. The van der Waals surface area contributed by atoms with E-state index in [1.54, 1.807) is 4.68 Å². The highest BCUT2D eigenvalue weighted by Gasteiger charge is 2.35. The van der Waals surface area contributed by atoms with Crippen LogP contribution in [-0.4, -0.2) is 39.7 Å². The predicted octanol–water partition coefficient (Wildman–Crippen LogP) is 6.26. The zero-order valence-electron chi connectivity index (χ0n) is 21.4. The van der Waals surface area contributed by atoms with Crippen molar-refractivity contribution in [2.24, 2.45) is 0 Å². The lowest BCUT2D eigenvalue weighted by Gasteiger charge is -2.28. The number of nitrogens with zero attached hydrogens (tertiary/aromatic N) is 3. The monoisotopic (exact) mass is 542 g/mol. The van der Waals surface area contributed by atoms with Crippen LogP contribution in [-0.2, 0) is 16.1 Å². The first-order valence-corrected chi connectivity index (χ1v) is 13.7. The fourth-order valence-corrected chi connectivity index (χ4v) is 4.67. The van der Waals surface area contributed by atoms with Crippen molar-refractivity contribution in [2.75, 3.05) is 24.3 Å². The molecule has 8 nitrogen and oxygen atoms in total. The van der Waals surface area contributed by atoms with Crippen LogP contribution in [0.25, 0.3) is 0 Å². The molecule has 1 atom stereocenters. The highest BCUT2D eigenvalue weighted by molar-refractivity contribution is 7.99. The molecule has 1 N–H and O–H groups in total. The van der Waals surface area contributed by atoms with E-state index in [0.717, 1.165) is 23.3 Å². The highest BCUT2D eigenvalue weighted by atomic mass is 35.5. The average Bonchev–Trinajstić information content (AvgIpc) is 3.28. The molecule has 2 heterocycles. The van der Waals surface area contributed by atoms with Crippen molar-refractivity contribution in [1.82, 2.24) is 14.8 Å². The highest BCUT2D eigenvalue weighted by Crippen LogP contribution is 2.40. The molecule has 10 heteroatoms. The Morgan fingerprint density at radius 1 is 1.11 bits per heavy atom. The topological polar surface area (TPSA) is 87.5 Å². The number of allylic oxidation sites excluding steroid dienone is 1. The van der Waals surface area contributed by atoms with E-state index in [2.05, 4.69) is 10.3 Å². The summed E-state index contributed by atoms with van der Waals surface area (Å²) in [6, 6.07) is 12.7. The molecule has 1 unspecified atom stereocenters. The van der Waals surface area contributed by atoms with Crippen LogP contribution in [0.1, 0.15) is 51.3 Å². The lowest BCUT2D eigenvalue weighted by atomic mass is 9.95. The minimum Gasteiger partial charge on any atom is -0.490 e. The maximum Gasteiger partial charge on any atom is 0.338 e. The van der Waals surface area contributed by atoms with Crippen LogP contribution in [0.15, 0.2) is 58.9 Å². The van der Waals surface area contributed by atoms with Crippen LogP contribution in [0.4, 0.5) is 5.95 Å². The van der Waals surface area contributed by atoms with Gasteiger partial charge in [-0.2, -0.15) is 4.98 Å². The molecule has 2 aromatic carbocycles. The van der Waals surface area contributed by atoms with Gasteiger partial charge in [0.2, 0.25) is 11.1 Å². The van der Waals surface area contributed by atoms with Crippen molar-refractivity contribution in [2.45, 2.75) is 51.9 Å². The number of aromatic nitrogens is 3. The lowest BCUT2D eigenvalue weighted by molar-refractivity contribution is -0.139. The zero-order chi connectivity index (χ0) is 26.4. The molecule has 0 spiro atoms. The van der Waals surface area contributed by atoms with Crippen molar-refractivity contribution >= 4 is 35.3 Å². The summed E-state index contributed by atoms with van der Waals surface area (Å²) in [4.78, 5) is 17.8. The van der Waals surface area contributed by atoms with Gasteiger partial charge in [-0.15, -0.1) is 5.10 Å². The molecule has 196 valence electrons. The number of fused-ring (bicyclic) bond motifs is 1. The summed E-state index contributed by atoms with van der Waals surface area (Å²) < 4.78 is 19.3. The second-order valence-corrected chi connectivity index (χ2v) is 10.0. The van der Waals surface area contributed by atoms with Crippen LogP contribution in [0.2, 0.25) is 5.02 Å². The minimum atomic E-state index is -0.538. The van der Waals surface area contributed by atoms with Crippen LogP contribution < -0.4 is 14.8 Å². The summed E-state index contributed by atoms with van der Waals surface area (Å²) in [7, 11) is 0. The van der Waals surface area contributed by atoms with Gasteiger partial charge in [0.1, 0.15) is 12.6 Å². The van der Waals surface area contributed by atoms with Gasteiger partial charge in [-0.25, -0.2) is 9.48 Å². The Balaban J connectivity index is 1.72. The first-order chi connectivity index (χ1) is 17.9. The molecule has 4 rings (SSSR count). The molecule has 0 bridgehead atoms. The SMILES string of the molecule is CCCOC(=O)C1=C(C)Nc2nc(SCC)nn2C1c1ccc(OCc2ccc(Cl)cc2)c(OCC)c1. The molecular formula is C27H31ClN4O4S. The quantitative estimate of drug-likeness (QED) is 0.224. The molecule has 0 amide bonds. The molecule has 0 fully saturated rings. The second-order valence-electron chi connectivity index (χ2n) is 8.35. The number of rotatable bonds is 11. The van der Waals surface area contributed by atoms with Gasteiger partial charge < -0.3 is 19.5 Å². The second kappa shape index (κ2) is 12.4. The number of hydrogen-bond acceptors (Lipinski definition) is 8.